The van der Waals surface area contributed by atoms with Gasteiger partial charge in [-0.1, -0.05) is 53.7 Å². The predicted octanol–water partition coefficient (Wildman–Crippen LogP) is 7.55. The number of hydrogen-bond donors (Lipinski definition) is 3. The lowest BCUT2D eigenvalue weighted by molar-refractivity contribution is -0.298. The minimum Gasteiger partial charge on any atom is -0.504 e. The molecular formula is C38H56O6. The van der Waals surface area contributed by atoms with Crippen molar-refractivity contribution >= 4 is 5.97 Å². The van der Waals surface area contributed by atoms with E-state index in [0.29, 0.717) is 23.8 Å². The van der Waals surface area contributed by atoms with Crippen molar-refractivity contribution in [2.24, 2.45) is 56.7 Å². The van der Waals surface area contributed by atoms with Gasteiger partial charge < -0.3 is 24.8 Å². The normalized spacial score (nSPS) is 47.4. The van der Waals surface area contributed by atoms with Crippen LogP contribution in [0.25, 0.3) is 0 Å². The standard InChI is InChI=1S/C38H56O6/c1-21(2)23-12-15-35(5)20-30(41)38(8)24(31(23)35)19-27(44-33(42)22-10-11-25(39)26(18-22)43-9)32-36(6)16-14-29(40)34(3,4)28(36)13-17-37(32,38)7/h10-11,18,23-24,27-32,39-41H,1,12-17,19-20H2,2-9H3/t23-,24+,27+,28-,29-,30+,31-,32+,35+,36-,37+,38-/m0/s1. The molecule has 5 saturated carbocycles. The van der Waals surface area contributed by atoms with Gasteiger partial charge in [-0.2, -0.15) is 0 Å². The molecule has 0 aliphatic heterocycles. The molecule has 6 nitrogen and oxygen atoms in total. The van der Waals surface area contributed by atoms with Gasteiger partial charge in [-0.3, -0.25) is 0 Å². The number of methoxy groups -OCH3 is 1. The number of phenols is 1. The van der Waals surface area contributed by atoms with Crippen molar-refractivity contribution in [2.45, 2.75) is 118 Å². The van der Waals surface area contributed by atoms with E-state index in [9.17, 15) is 20.1 Å². The van der Waals surface area contributed by atoms with E-state index >= 15 is 0 Å². The minimum absolute atomic E-state index is 0.0155. The molecule has 44 heavy (non-hydrogen) atoms. The van der Waals surface area contributed by atoms with Gasteiger partial charge in [-0.25, -0.2) is 4.79 Å². The number of carbonyl (C=O) groups excluding carboxylic acids is 1. The van der Waals surface area contributed by atoms with Crippen LogP contribution in [0.15, 0.2) is 30.4 Å². The average molecular weight is 609 g/mol. The van der Waals surface area contributed by atoms with Crippen LogP contribution in [0.1, 0.15) is 110 Å². The highest BCUT2D eigenvalue weighted by Crippen LogP contribution is 2.77. The first kappa shape index (κ1) is 31.9. The second-order valence-corrected chi connectivity index (χ2v) is 17.2. The Labute approximate surface area is 264 Å². The fourth-order valence-corrected chi connectivity index (χ4v) is 12.8. The monoisotopic (exact) mass is 608 g/mol. The number of aliphatic hydroxyl groups is 2. The summed E-state index contributed by atoms with van der Waals surface area (Å²) in [6, 6.07) is 4.65. The maximum atomic E-state index is 14.0. The van der Waals surface area contributed by atoms with Crippen LogP contribution in [0.3, 0.4) is 0 Å². The fourth-order valence-electron chi connectivity index (χ4n) is 12.8. The summed E-state index contributed by atoms with van der Waals surface area (Å²) in [5, 5.41) is 33.8. The molecule has 12 atom stereocenters. The molecule has 0 unspecified atom stereocenters. The van der Waals surface area contributed by atoms with E-state index in [-0.39, 0.29) is 68.5 Å². The SMILES string of the molecule is C=C(C)[C@@H]1CC[C@]2(C)C[C@@H](O)[C@]3(C)[C@H](C[C@@H](OC(=O)c4ccc(O)c(OC)c4)[C@@H]4[C@@]5(C)CC[C@H](O)C(C)(C)[C@@H]5CC[C@]43C)[C@H]12. The highest BCUT2D eigenvalue weighted by atomic mass is 16.5. The Hall–Kier alpha value is -2.05. The van der Waals surface area contributed by atoms with E-state index < -0.39 is 12.1 Å². The Morgan fingerprint density at radius 2 is 1.68 bits per heavy atom. The molecule has 0 saturated heterocycles. The van der Waals surface area contributed by atoms with Gasteiger partial charge >= 0.3 is 5.97 Å². The van der Waals surface area contributed by atoms with Gasteiger partial charge in [-0.15, -0.1) is 0 Å². The van der Waals surface area contributed by atoms with Crippen molar-refractivity contribution in [3.05, 3.63) is 35.9 Å². The number of hydrogen-bond acceptors (Lipinski definition) is 6. The zero-order chi connectivity index (χ0) is 32.2. The number of phenolic OH excluding ortho intramolecular Hbond substituents is 1. The van der Waals surface area contributed by atoms with Crippen LogP contribution in [0, 0.1) is 56.7 Å². The molecule has 5 aliphatic rings. The molecular weight excluding hydrogens is 552 g/mol. The number of fused-ring (bicyclic) bond motifs is 7. The highest BCUT2D eigenvalue weighted by Gasteiger charge is 2.75. The molecule has 0 amide bonds. The molecule has 0 bridgehead atoms. The van der Waals surface area contributed by atoms with Crippen LogP contribution in [-0.2, 0) is 4.74 Å². The number of ether oxygens (including phenoxy) is 2. The van der Waals surface area contributed by atoms with E-state index in [1.165, 1.54) is 18.7 Å². The van der Waals surface area contributed by atoms with Crippen molar-refractivity contribution < 1.29 is 29.6 Å². The molecule has 6 heteroatoms. The minimum atomic E-state index is -0.439. The lowest BCUT2D eigenvalue weighted by Crippen LogP contribution is -2.73. The average Bonchev–Trinajstić information content (AvgIpc) is 3.29. The van der Waals surface area contributed by atoms with Gasteiger partial charge in [-0.05, 0) is 122 Å². The molecule has 3 N–H and O–H groups in total. The quantitative estimate of drug-likeness (QED) is 0.241. The van der Waals surface area contributed by atoms with Crippen LogP contribution in [0.2, 0.25) is 0 Å². The van der Waals surface area contributed by atoms with Crippen molar-refractivity contribution in [3.63, 3.8) is 0 Å². The zero-order valence-electron chi connectivity index (χ0n) is 28.3. The maximum Gasteiger partial charge on any atom is 0.338 e. The summed E-state index contributed by atoms with van der Waals surface area (Å²) in [5.74, 6) is 1.06. The van der Waals surface area contributed by atoms with Gasteiger partial charge in [0.05, 0.1) is 24.9 Å². The number of rotatable bonds is 4. The summed E-state index contributed by atoms with van der Waals surface area (Å²) >= 11 is 0. The number of allylic oxidation sites excluding steroid dienone is 1. The Balaban J connectivity index is 1.49. The summed E-state index contributed by atoms with van der Waals surface area (Å²) in [6.45, 7) is 20.6. The first-order valence-corrected chi connectivity index (χ1v) is 17.0. The first-order valence-electron chi connectivity index (χ1n) is 17.0. The van der Waals surface area contributed by atoms with E-state index in [1.54, 1.807) is 12.1 Å². The van der Waals surface area contributed by atoms with E-state index in [0.717, 1.165) is 44.9 Å². The molecule has 6 rings (SSSR count). The molecule has 0 aromatic heterocycles. The summed E-state index contributed by atoms with van der Waals surface area (Å²) < 4.78 is 12.0. The summed E-state index contributed by atoms with van der Waals surface area (Å²) in [7, 11) is 1.48. The maximum absolute atomic E-state index is 14.0. The smallest absolute Gasteiger partial charge is 0.338 e. The first-order chi connectivity index (χ1) is 20.5. The van der Waals surface area contributed by atoms with Gasteiger partial charge in [0.25, 0.3) is 0 Å². The van der Waals surface area contributed by atoms with Crippen molar-refractivity contribution in [3.8, 4) is 11.5 Å². The third kappa shape index (κ3) is 4.14. The van der Waals surface area contributed by atoms with Gasteiger partial charge in [0.1, 0.15) is 6.10 Å². The Bertz CT molecular complexity index is 1340. The number of esters is 1. The summed E-state index contributed by atoms with van der Waals surface area (Å²) in [4.78, 5) is 14.0. The molecule has 1 aromatic carbocycles. The van der Waals surface area contributed by atoms with Crippen LogP contribution in [0.5, 0.6) is 11.5 Å². The molecule has 0 heterocycles. The fraction of sp³-hybridized carbons (Fsp3) is 0.763. The lowest BCUT2D eigenvalue weighted by Gasteiger charge is -2.74. The van der Waals surface area contributed by atoms with Crippen LogP contribution in [0.4, 0.5) is 0 Å². The molecule has 5 aliphatic carbocycles. The Morgan fingerprint density at radius 1 is 0.977 bits per heavy atom. The third-order valence-corrected chi connectivity index (χ3v) is 15.1. The van der Waals surface area contributed by atoms with E-state index in [4.69, 9.17) is 9.47 Å². The molecule has 0 radical (unpaired) electrons. The number of carbonyl (C=O) groups is 1. The molecule has 1 aromatic rings. The molecule has 0 spiro atoms. The van der Waals surface area contributed by atoms with Crippen molar-refractivity contribution in [1.29, 1.82) is 0 Å². The van der Waals surface area contributed by atoms with Gasteiger partial charge in [0.2, 0.25) is 0 Å². The Kier molecular flexibility index (Phi) is 7.42. The topological polar surface area (TPSA) is 96.2 Å². The second kappa shape index (κ2) is 10.2. The lowest BCUT2D eigenvalue weighted by atomic mass is 9.31. The number of aliphatic hydroxyl groups excluding tert-OH is 2. The largest absolute Gasteiger partial charge is 0.504 e. The van der Waals surface area contributed by atoms with Gasteiger partial charge in [0.15, 0.2) is 11.5 Å². The van der Waals surface area contributed by atoms with Crippen molar-refractivity contribution in [1.82, 2.24) is 0 Å². The van der Waals surface area contributed by atoms with E-state index in [2.05, 4.69) is 55.0 Å². The molecule has 5 fully saturated rings. The van der Waals surface area contributed by atoms with Gasteiger partial charge in [0, 0.05) is 11.3 Å². The summed E-state index contributed by atoms with van der Waals surface area (Å²) in [5.41, 5.74) is 0.553. The van der Waals surface area contributed by atoms with E-state index in [1.807, 2.05) is 0 Å². The van der Waals surface area contributed by atoms with Crippen LogP contribution >= 0.6 is 0 Å². The molecule has 244 valence electrons. The second-order valence-electron chi connectivity index (χ2n) is 17.2. The number of aromatic hydroxyl groups is 1. The number of benzene rings is 1. The Morgan fingerprint density at radius 3 is 2.34 bits per heavy atom. The van der Waals surface area contributed by atoms with Crippen LogP contribution < -0.4 is 4.74 Å². The van der Waals surface area contributed by atoms with Crippen molar-refractivity contribution in [2.75, 3.05) is 7.11 Å². The van der Waals surface area contributed by atoms with Crippen LogP contribution in [-0.4, -0.2) is 46.7 Å². The summed E-state index contributed by atoms with van der Waals surface area (Å²) in [6.07, 6.45) is 6.07. The third-order valence-electron chi connectivity index (χ3n) is 15.1. The predicted molar refractivity (Wildman–Crippen MR) is 171 cm³/mol. The highest BCUT2D eigenvalue weighted by molar-refractivity contribution is 5.90. The zero-order valence-corrected chi connectivity index (χ0v) is 28.3.